The van der Waals surface area contributed by atoms with Gasteiger partial charge in [0.05, 0.1) is 7.11 Å². The molecule has 1 aromatic heterocycles. The van der Waals surface area contributed by atoms with Crippen molar-refractivity contribution in [3.63, 3.8) is 0 Å². The number of nitrogens with one attached hydrogen (secondary N) is 1. The van der Waals surface area contributed by atoms with Crippen LogP contribution in [-0.2, 0) is 6.54 Å². The van der Waals surface area contributed by atoms with Crippen LogP contribution in [0.3, 0.4) is 0 Å². The van der Waals surface area contributed by atoms with E-state index in [0.717, 1.165) is 27.3 Å². The molecule has 2 aromatic rings. The first-order valence-electron chi connectivity index (χ1n) is 5.54. The molecule has 0 saturated carbocycles. The van der Waals surface area contributed by atoms with Crippen LogP contribution in [0, 0.1) is 6.92 Å². The Morgan fingerprint density at radius 2 is 2.11 bits per heavy atom. The van der Waals surface area contributed by atoms with E-state index in [1.807, 2.05) is 31.2 Å². The lowest BCUT2D eigenvalue weighted by atomic mass is 10.2. The highest BCUT2D eigenvalue weighted by atomic mass is 79.9. The van der Waals surface area contributed by atoms with Crippen LogP contribution in [0.1, 0.15) is 11.3 Å². The minimum absolute atomic E-state index is 0.652. The van der Waals surface area contributed by atoms with Gasteiger partial charge in [-0.05, 0) is 25.1 Å². The Morgan fingerprint density at radius 3 is 2.83 bits per heavy atom. The number of aromatic nitrogens is 2. The maximum Gasteiger partial charge on any atom is 0.129 e. The molecule has 0 aliphatic heterocycles. The Balaban J connectivity index is 2.12. The zero-order valence-electron chi connectivity index (χ0n) is 10.3. The van der Waals surface area contributed by atoms with Gasteiger partial charge in [-0.25, -0.2) is 9.97 Å². The van der Waals surface area contributed by atoms with Gasteiger partial charge < -0.3 is 10.1 Å². The van der Waals surface area contributed by atoms with Crippen molar-refractivity contribution in [3.8, 4) is 5.75 Å². The lowest BCUT2D eigenvalue weighted by molar-refractivity contribution is 0.410. The largest absolute Gasteiger partial charge is 0.496 e. The monoisotopic (exact) mass is 307 g/mol. The number of aryl methyl sites for hydroxylation is 1. The van der Waals surface area contributed by atoms with E-state index in [1.54, 1.807) is 13.4 Å². The Bertz CT molecular complexity index is 546. The lowest BCUT2D eigenvalue weighted by Gasteiger charge is -2.10. The molecule has 0 saturated heterocycles. The summed E-state index contributed by atoms with van der Waals surface area (Å²) < 4.78 is 6.35. The number of halogens is 1. The van der Waals surface area contributed by atoms with Crippen molar-refractivity contribution < 1.29 is 4.74 Å². The van der Waals surface area contributed by atoms with E-state index in [1.165, 1.54) is 0 Å². The van der Waals surface area contributed by atoms with Crippen molar-refractivity contribution in [2.24, 2.45) is 0 Å². The summed E-state index contributed by atoms with van der Waals surface area (Å²) in [5.41, 5.74) is 2.01. The molecule has 2 rings (SSSR count). The smallest absolute Gasteiger partial charge is 0.129 e. The summed E-state index contributed by atoms with van der Waals surface area (Å²) in [4.78, 5) is 8.22. The molecule has 94 valence electrons. The van der Waals surface area contributed by atoms with Crippen LogP contribution in [0.2, 0.25) is 0 Å². The van der Waals surface area contributed by atoms with Gasteiger partial charge in [0, 0.05) is 28.3 Å². The number of methoxy groups -OCH3 is 1. The fourth-order valence-corrected chi connectivity index (χ4v) is 2.03. The van der Waals surface area contributed by atoms with Gasteiger partial charge in [0.15, 0.2) is 0 Å². The molecular formula is C13H14BrN3O. The molecule has 1 aromatic carbocycles. The molecule has 0 fully saturated rings. The van der Waals surface area contributed by atoms with Gasteiger partial charge in [0.2, 0.25) is 0 Å². The third-order valence-electron chi connectivity index (χ3n) is 2.51. The van der Waals surface area contributed by atoms with Gasteiger partial charge in [-0.3, -0.25) is 0 Å². The Labute approximate surface area is 115 Å². The molecule has 0 unspecified atom stereocenters. The highest BCUT2D eigenvalue weighted by Gasteiger charge is 2.04. The van der Waals surface area contributed by atoms with E-state index < -0.39 is 0 Å². The summed E-state index contributed by atoms with van der Waals surface area (Å²) >= 11 is 3.45. The van der Waals surface area contributed by atoms with Crippen LogP contribution in [0.25, 0.3) is 0 Å². The van der Waals surface area contributed by atoms with Crippen molar-refractivity contribution in [1.29, 1.82) is 0 Å². The zero-order chi connectivity index (χ0) is 13.0. The van der Waals surface area contributed by atoms with Crippen LogP contribution in [0.5, 0.6) is 5.75 Å². The average Bonchev–Trinajstić information content (AvgIpc) is 2.37. The number of hydrogen-bond acceptors (Lipinski definition) is 4. The predicted molar refractivity (Wildman–Crippen MR) is 74.8 cm³/mol. The first kappa shape index (κ1) is 12.8. The van der Waals surface area contributed by atoms with Crippen molar-refractivity contribution in [2.45, 2.75) is 13.5 Å². The maximum atomic E-state index is 5.32. The topological polar surface area (TPSA) is 47.0 Å². The second-order valence-corrected chi connectivity index (χ2v) is 4.77. The summed E-state index contributed by atoms with van der Waals surface area (Å²) in [6, 6.07) is 7.83. The van der Waals surface area contributed by atoms with E-state index in [2.05, 4.69) is 31.2 Å². The van der Waals surface area contributed by atoms with Crippen LogP contribution in [0.15, 0.2) is 35.1 Å². The Hall–Kier alpha value is -1.62. The predicted octanol–water partition coefficient (Wildman–Crippen LogP) is 3.17. The number of ether oxygens (including phenoxy) is 1. The maximum absolute atomic E-state index is 5.32. The molecule has 0 atom stereocenters. The highest BCUT2D eigenvalue weighted by molar-refractivity contribution is 9.10. The second kappa shape index (κ2) is 5.82. The first-order chi connectivity index (χ1) is 8.69. The molecule has 1 N–H and O–H groups in total. The van der Waals surface area contributed by atoms with Crippen LogP contribution in [-0.4, -0.2) is 17.1 Å². The second-order valence-electron chi connectivity index (χ2n) is 3.85. The molecule has 0 amide bonds. The number of anilines is 1. The van der Waals surface area contributed by atoms with Gasteiger partial charge in [0.25, 0.3) is 0 Å². The fraction of sp³-hybridized carbons (Fsp3) is 0.231. The Kier molecular flexibility index (Phi) is 4.15. The standard InChI is InChI=1S/C13H14BrN3O/c1-9-5-13(17-8-16-9)15-7-10-6-11(14)3-4-12(10)18-2/h3-6,8H,7H2,1-2H3,(H,15,16,17). The van der Waals surface area contributed by atoms with Gasteiger partial charge in [0.1, 0.15) is 17.9 Å². The van der Waals surface area contributed by atoms with Crippen LogP contribution >= 0.6 is 15.9 Å². The summed E-state index contributed by atoms with van der Waals surface area (Å²) in [5.74, 6) is 1.67. The molecule has 0 spiro atoms. The summed E-state index contributed by atoms with van der Waals surface area (Å²) in [5, 5.41) is 3.25. The number of benzene rings is 1. The van der Waals surface area contributed by atoms with Crippen LogP contribution < -0.4 is 10.1 Å². The minimum atomic E-state index is 0.652. The van der Waals surface area contributed by atoms with Crippen molar-refractivity contribution in [2.75, 3.05) is 12.4 Å². The molecule has 1 heterocycles. The third kappa shape index (κ3) is 3.20. The van der Waals surface area contributed by atoms with Gasteiger partial charge in [-0.1, -0.05) is 15.9 Å². The quantitative estimate of drug-likeness (QED) is 0.942. The van der Waals surface area contributed by atoms with E-state index in [0.29, 0.717) is 6.54 Å². The first-order valence-corrected chi connectivity index (χ1v) is 6.33. The molecular weight excluding hydrogens is 294 g/mol. The molecule has 5 heteroatoms. The van der Waals surface area contributed by atoms with Gasteiger partial charge >= 0.3 is 0 Å². The lowest BCUT2D eigenvalue weighted by Crippen LogP contribution is -2.03. The summed E-state index contributed by atoms with van der Waals surface area (Å²) in [7, 11) is 1.67. The van der Waals surface area contributed by atoms with E-state index >= 15 is 0 Å². The molecule has 4 nitrogen and oxygen atoms in total. The molecule has 0 radical (unpaired) electrons. The third-order valence-corrected chi connectivity index (χ3v) is 3.00. The molecule has 18 heavy (non-hydrogen) atoms. The Morgan fingerprint density at radius 1 is 1.28 bits per heavy atom. The molecule has 0 bridgehead atoms. The highest BCUT2D eigenvalue weighted by Crippen LogP contribution is 2.23. The molecule has 0 aliphatic rings. The van der Waals surface area contributed by atoms with Crippen molar-refractivity contribution in [1.82, 2.24) is 9.97 Å². The fourth-order valence-electron chi connectivity index (χ4n) is 1.62. The van der Waals surface area contributed by atoms with Crippen LogP contribution in [0.4, 0.5) is 5.82 Å². The number of nitrogens with zero attached hydrogens (tertiary/aromatic N) is 2. The zero-order valence-corrected chi connectivity index (χ0v) is 11.9. The van der Waals surface area contributed by atoms with E-state index in [9.17, 15) is 0 Å². The van der Waals surface area contributed by atoms with Gasteiger partial charge in [-0.15, -0.1) is 0 Å². The summed E-state index contributed by atoms with van der Waals surface area (Å²) in [6.45, 7) is 2.59. The van der Waals surface area contributed by atoms with Crippen molar-refractivity contribution in [3.05, 3.63) is 46.3 Å². The summed E-state index contributed by atoms with van der Waals surface area (Å²) in [6.07, 6.45) is 1.55. The molecule has 0 aliphatic carbocycles. The normalized spacial score (nSPS) is 10.2. The van der Waals surface area contributed by atoms with E-state index in [-0.39, 0.29) is 0 Å². The SMILES string of the molecule is COc1ccc(Br)cc1CNc1cc(C)ncn1. The van der Waals surface area contributed by atoms with Gasteiger partial charge in [-0.2, -0.15) is 0 Å². The van der Waals surface area contributed by atoms with E-state index in [4.69, 9.17) is 4.74 Å². The average molecular weight is 308 g/mol. The number of rotatable bonds is 4. The minimum Gasteiger partial charge on any atom is -0.496 e. The number of hydrogen-bond donors (Lipinski definition) is 1. The van der Waals surface area contributed by atoms with Crippen molar-refractivity contribution >= 4 is 21.7 Å².